The first-order valence-corrected chi connectivity index (χ1v) is 3.03. The highest BCUT2D eigenvalue weighted by molar-refractivity contribution is 5.73. The van der Waals surface area contributed by atoms with Gasteiger partial charge >= 0.3 is 0 Å². The van der Waals surface area contributed by atoms with E-state index in [0.717, 1.165) is 5.39 Å². The van der Waals surface area contributed by atoms with Crippen LogP contribution < -0.4 is 0 Å². The van der Waals surface area contributed by atoms with E-state index in [1.807, 2.05) is 18.2 Å². The Morgan fingerprint density at radius 3 is 3.50 bits per heavy atom. The fraction of sp³-hybridized carbons (Fsp3) is 0.125. The lowest BCUT2D eigenvalue weighted by Crippen LogP contribution is -1.66. The summed E-state index contributed by atoms with van der Waals surface area (Å²) in [6.07, 6.45) is 1.68. The molecule has 0 atom stereocenters. The Morgan fingerprint density at radius 1 is 1.70 bits per heavy atom. The zero-order chi connectivity index (χ0) is 7.68. The molecule has 2 aromatic rings. The SMILES string of the molecule is [2H]Cc1cc2cccnc2o1. The number of furan rings is 1. The number of hydrogen-bond acceptors (Lipinski definition) is 2. The summed E-state index contributed by atoms with van der Waals surface area (Å²) in [5.41, 5.74) is 0.620. The van der Waals surface area contributed by atoms with Gasteiger partial charge in [0.15, 0.2) is 0 Å². The molecule has 0 bridgehead atoms. The van der Waals surface area contributed by atoms with Crippen LogP contribution in [-0.4, -0.2) is 4.98 Å². The summed E-state index contributed by atoms with van der Waals surface area (Å²) in [4.78, 5) is 4.00. The summed E-state index contributed by atoms with van der Waals surface area (Å²) in [6, 6.07) is 5.62. The van der Waals surface area contributed by atoms with Crippen molar-refractivity contribution < 1.29 is 5.79 Å². The summed E-state index contributed by atoms with van der Waals surface area (Å²) < 4.78 is 12.3. The average molecular weight is 134 g/mol. The van der Waals surface area contributed by atoms with Crippen molar-refractivity contribution in [1.29, 1.82) is 0 Å². The topological polar surface area (TPSA) is 26.0 Å². The molecule has 2 nitrogen and oxygen atoms in total. The van der Waals surface area contributed by atoms with Gasteiger partial charge in [-0.25, -0.2) is 4.98 Å². The first kappa shape index (κ1) is 4.50. The Balaban J connectivity index is 2.69. The predicted octanol–water partition coefficient (Wildman–Crippen LogP) is 2.14. The lowest BCUT2D eigenvalue weighted by molar-refractivity contribution is 0.567. The second kappa shape index (κ2) is 1.84. The molecule has 0 unspecified atom stereocenters. The minimum atomic E-state index is 0.177. The van der Waals surface area contributed by atoms with Gasteiger partial charge in [-0.1, -0.05) is 0 Å². The molecule has 0 spiro atoms. The van der Waals surface area contributed by atoms with Crippen molar-refractivity contribution in [3.8, 4) is 0 Å². The molecule has 0 N–H and O–H groups in total. The fourth-order valence-corrected chi connectivity index (χ4v) is 0.925. The molecule has 2 rings (SSSR count). The average Bonchev–Trinajstić information content (AvgIpc) is 2.46. The second-order valence-electron chi connectivity index (χ2n) is 2.11. The van der Waals surface area contributed by atoms with Gasteiger partial charge < -0.3 is 4.42 Å². The molecule has 0 radical (unpaired) electrons. The standard InChI is InChI=1S/C8H7NO/c1-6-5-7-3-2-4-9-8(7)10-6/h2-5H,1H3/i1D. The zero-order valence-corrected chi connectivity index (χ0v) is 5.37. The minimum Gasteiger partial charge on any atom is -0.443 e. The van der Waals surface area contributed by atoms with E-state index in [2.05, 4.69) is 4.98 Å². The molecule has 0 fully saturated rings. The Hall–Kier alpha value is -1.31. The third kappa shape index (κ3) is 0.692. The number of aromatic nitrogens is 1. The van der Waals surface area contributed by atoms with Crippen molar-refractivity contribution in [3.63, 3.8) is 0 Å². The number of hydrogen-bond donors (Lipinski definition) is 0. The summed E-state index contributed by atoms with van der Waals surface area (Å²) in [7, 11) is 0. The predicted molar refractivity (Wildman–Crippen MR) is 38.7 cm³/mol. The maximum Gasteiger partial charge on any atom is 0.226 e. The smallest absolute Gasteiger partial charge is 0.226 e. The van der Waals surface area contributed by atoms with Crippen LogP contribution in [0.5, 0.6) is 0 Å². The van der Waals surface area contributed by atoms with Crippen LogP contribution in [0, 0.1) is 6.90 Å². The van der Waals surface area contributed by atoms with Gasteiger partial charge in [-0.05, 0) is 25.1 Å². The van der Waals surface area contributed by atoms with E-state index in [4.69, 9.17) is 5.79 Å². The van der Waals surface area contributed by atoms with Gasteiger partial charge in [0.1, 0.15) is 5.76 Å². The molecule has 50 valence electrons. The first-order valence-electron chi connectivity index (χ1n) is 3.73. The Kier molecular flexibility index (Phi) is 0.826. The number of aryl methyl sites for hydroxylation is 1. The highest BCUT2D eigenvalue weighted by Gasteiger charge is 1.96. The Bertz CT molecular complexity index is 336. The molecule has 0 aliphatic rings. The van der Waals surface area contributed by atoms with Crippen molar-refractivity contribution in [2.45, 2.75) is 6.90 Å². The molecule has 2 heterocycles. The van der Waals surface area contributed by atoms with E-state index < -0.39 is 0 Å². The highest BCUT2D eigenvalue weighted by atomic mass is 16.3. The van der Waals surface area contributed by atoms with Crippen LogP contribution in [0.3, 0.4) is 0 Å². The van der Waals surface area contributed by atoms with Crippen LogP contribution in [0.15, 0.2) is 28.8 Å². The number of fused-ring (bicyclic) bond motifs is 1. The van der Waals surface area contributed by atoms with E-state index in [9.17, 15) is 0 Å². The Labute approximate surface area is 59.9 Å². The van der Waals surface area contributed by atoms with Gasteiger partial charge in [0, 0.05) is 13.0 Å². The normalized spacial score (nSPS) is 11.8. The molecule has 0 aliphatic carbocycles. The second-order valence-corrected chi connectivity index (χ2v) is 2.11. The summed E-state index contributed by atoms with van der Waals surface area (Å²) in [5, 5.41) is 0.967. The number of rotatable bonds is 0. The van der Waals surface area contributed by atoms with Crippen LogP contribution in [0.1, 0.15) is 7.13 Å². The van der Waals surface area contributed by atoms with E-state index in [1.165, 1.54) is 0 Å². The highest BCUT2D eigenvalue weighted by Crippen LogP contribution is 2.14. The monoisotopic (exact) mass is 134 g/mol. The van der Waals surface area contributed by atoms with Crippen LogP contribution in [0.2, 0.25) is 0 Å². The quantitative estimate of drug-likeness (QED) is 0.551. The molecule has 0 saturated heterocycles. The lowest BCUT2D eigenvalue weighted by atomic mass is 10.3. The molecule has 2 aromatic heterocycles. The van der Waals surface area contributed by atoms with E-state index in [1.54, 1.807) is 6.20 Å². The summed E-state index contributed by atoms with van der Waals surface area (Å²) in [5.74, 6) is 0.665. The van der Waals surface area contributed by atoms with Gasteiger partial charge in [0.2, 0.25) is 5.71 Å². The van der Waals surface area contributed by atoms with Crippen LogP contribution in [-0.2, 0) is 0 Å². The number of nitrogens with zero attached hydrogens (tertiary/aromatic N) is 1. The van der Waals surface area contributed by atoms with E-state index in [-0.39, 0.29) is 6.90 Å². The van der Waals surface area contributed by atoms with E-state index >= 15 is 0 Å². The van der Waals surface area contributed by atoms with Crippen molar-refractivity contribution in [1.82, 2.24) is 4.98 Å². The van der Waals surface area contributed by atoms with Crippen molar-refractivity contribution in [2.24, 2.45) is 0 Å². The van der Waals surface area contributed by atoms with Crippen molar-refractivity contribution in [2.75, 3.05) is 0 Å². The maximum atomic E-state index is 7.05. The number of pyridine rings is 1. The zero-order valence-electron chi connectivity index (χ0n) is 6.37. The van der Waals surface area contributed by atoms with Crippen molar-refractivity contribution in [3.05, 3.63) is 30.2 Å². The van der Waals surface area contributed by atoms with Crippen LogP contribution in [0.25, 0.3) is 11.1 Å². The molecule has 0 saturated carbocycles. The minimum absolute atomic E-state index is 0.177. The van der Waals surface area contributed by atoms with Gasteiger partial charge in [0.25, 0.3) is 0 Å². The lowest BCUT2D eigenvalue weighted by Gasteiger charge is -1.81. The molecule has 2 heteroatoms. The van der Waals surface area contributed by atoms with Gasteiger partial charge in [-0.15, -0.1) is 0 Å². The van der Waals surface area contributed by atoms with Crippen molar-refractivity contribution >= 4 is 11.1 Å². The maximum absolute atomic E-state index is 7.05. The van der Waals surface area contributed by atoms with Crippen LogP contribution >= 0.6 is 0 Å². The van der Waals surface area contributed by atoms with Crippen LogP contribution in [0.4, 0.5) is 0 Å². The summed E-state index contributed by atoms with van der Waals surface area (Å²) in [6.45, 7) is 0.177. The molecule has 10 heavy (non-hydrogen) atoms. The summed E-state index contributed by atoms with van der Waals surface area (Å²) >= 11 is 0. The molecular weight excluding hydrogens is 126 g/mol. The third-order valence-corrected chi connectivity index (χ3v) is 1.34. The molecule has 0 aliphatic heterocycles. The third-order valence-electron chi connectivity index (χ3n) is 1.34. The van der Waals surface area contributed by atoms with E-state index in [0.29, 0.717) is 11.5 Å². The molecular formula is C8H7NO. The van der Waals surface area contributed by atoms with Gasteiger partial charge in [-0.3, -0.25) is 0 Å². The van der Waals surface area contributed by atoms with Gasteiger partial charge in [0.05, 0.1) is 0 Å². The van der Waals surface area contributed by atoms with Gasteiger partial charge in [-0.2, -0.15) is 0 Å². The molecule has 0 amide bonds. The largest absolute Gasteiger partial charge is 0.443 e. The Morgan fingerprint density at radius 2 is 2.70 bits per heavy atom. The first-order chi connectivity index (χ1) is 5.40. The molecule has 0 aromatic carbocycles. The fourth-order valence-electron chi connectivity index (χ4n) is 0.925.